The van der Waals surface area contributed by atoms with Gasteiger partial charge in [0.2, 0.25) is 8.13 Å². The molecule has 25 heavy (non-hydrogen) atoms. The maximum Gasteiger partial charge on any atom is 0.226 e. The lowest BCUT2D eigenvalue weighted by molar-refractivity contribution is 0.599. The number of hydrogen-bond acceptors (Lipinski definition) is 0. The van der Waals surface area contributed by atoms with Gasteiger partial charge in [0, 0.05) is 0 Å². The van der Waals surface area contributed by atoms with Crippen molar-refractivity contribution in [3.05, 3.63) is 53.9 Å². The van der Waals surface area contributed by atoms with E-state index >= 15 is 0 Å². The Labute approximate surface area is 191 Å². The Bertz CT molecular complexity index is 775. The standard InChI is InChI=1S/C16H10Cl9/c1-2-10-11-6-4-3-5-9(11)7-8-12(10)13(17,18)14(19,20)15(21,22)16(23,24)25/h2-8H,1H3. The van der Waals surface area contributed by atoms with Gasteiger partial charge in [-0.3, -0.25) is 0 Å². The van der Waals surface area contributed by atoms with Gasteiger partial charge in [0.15, 0.2) is 8.67 Å². The summed E-state index contributed by atoms with van der Waals surface area (Å²) in [5.74, 6) is 0. The molecule has 0 amide bonds. The van der Waals surface area contributed by atoms with E-state index in [0.717, 1.165) is 10.8 Å². The highest BCUT2D eigenvalue weighted by Gasteiger charge is 2.68. The van der Waals surface area contributed by atoms with Crippen LogP contribution < -0.4 is 0 Å². The van der Waals surface area contributed by atoms with Crippen molar-refractivity contribution in [1.82, 2.24) is 0 Å². The van der Waals surface area contributed by atoms with Gasteiger partial charge >= 0.3 is 0 Å². The lowest BCUT2D eigenvalue weighted by atomic mass is 9.93. The third-order valence-electron chi connectivity index (χ3n) is 3.74. The molecule has 0 aliphatic carbocycles. The van der Waals surface area contributed by atoms with E-state index in [1.807, 2.05) is 43.7 Å². The first-order valence-corrected chi connectivity index (χ1v) is 10.2. The summed E-state index contributed by atoms with van der Waals surface area (Å²) in [6, 6.07) is 11.1. The lowest BCUT2D eigenvalue weighted by Gasteiger charge is -2.44. The summed E-state index contributed by atoms with van der Waals surface area (Å²) in [5, 5.41) is 1.86. The lowest BCUT2D eigenvalue weighted by Crippen LogP contribution is -2.55. The molecule has 0 aliphatic heterocycles. The van der Waals surface area contributed by atoms with Crippen molar-refractivity contribution >= 4 is 115 Å². The fourth-order valence-corrected chi connectivity index (χ4v) is 4.72. The van der Waals surface area contributed by atoms with E-state index in [1.54, 1.807) is 6.07 Å². The SMILES string of the molecule is C[CH]c1c(C(Cl)(Cl)C(Cl)(Cl)C(Cl)(Cl)C(Cl)(Cl)Cl)ccc2ccccc12. The van der Waals surface area contributed by atoms with E-state index in [1.165, 1.54) is 0 Å². The molecule has 2 rings (SSSR count). The summed E-state index contributed by atoms with van der Waals surface area (Å²) in [5.41, 5.74) is 1.09. The van der Waals surface area contributed by atoms with E-state index in [0.29, 0.717) is 11.1 Å². The third kappa shape index (κ3) is 3.78. The first-order valence-electron chi connectivity index (χ1n) is 6.80. The summed E-state index contributed by atoms with van der Waals surface area (Å²) >= 11 is 55.8. The molecule has 137 valence electrons. The highest BCUT2D eigenvalue weighted by molar-refractivity contribution is 6.80. The van der Waals surface area contributed by atoms with Gasteiger partial charge in [-0.1, -0.05) is 148 Å². The Morgan fingerprint density at radius 2 is 1.28 bits per heavy atom. The molecule has 2 aromatic carbocycles. The van der Waals surface area contributed by atoms with Crippen LogP contribution in [-0.4, -0.2) is 12.5 Å². The van der Waals surface area contributed by atoms with E-state index in [9.17, 15) is 0 Å². The largest absolute Gasteiger partial charge is 0.226 e. The molecule has 0 N–H and O–H groups in total. The smallest absolute Gasteiger partial charge is 0.0943 e. The molecule has 1 radical (unpaired) electrons. The Hall–Kier alpha value is 1.31. The van der Waals surface area contributed by atoms with Gasteiger partial charge in [0.05, 0.1) is 0 Å². The predicted octanol–water partition coefficient (Wildman–Crippen LogP) is 8.76. The van der Waals surface area contributed by atoms with E-state index < -0.39 is 16.8 Å². The molecule has 2 aromatic rings. The molecule has 0 spiro atoms. The van der Waals surface area contributed by atoms with Gasteiger partial charge in [-0.2, -0.15) is 0 Å². The van der Waals surface area contributed by atoms with Gasteiger partial charge < -0.3 is 0 Å². The molecular weight excluding hydrogens is 511 g/mol. The van der Waals surface area contributed by atoms with Crippen molar-refractivity contribution in [2.24, 2.45) is 0 Å². The highest BCUT2D eigenvalue weighted by Crippen LogP contribution is 2.65. The van der Waals surface area contributed by atoms with Gasteiger partial charge in [-0.05, 0) is 28.3 Å². The summed E-state index contributed by atoms with van der Waals surface area (Å²) < 4.78 is -8.87. The predicted molar refractivity (Wildman–Crippen MR) is 116 cm³/mol. The third-order valence-corrected chi connectivity index (χ3v) is 9.19. The van der Waals surface area contributed by atoms with Gasteiger partial charge in [0.25, 0.3) is 0 Å². The van der Waals surface area contributed by atoms with Crippen molar-refractivity contribution in [3.63, 3.8) is 0 Å². The number of halogens is 9. The Morgan fingerprint density at radius 3 is 1.80 bits per heavy atom. The Kier molecular flexibility index (Phi) is 6.89. The van der Waals surface area contributed by atoms with Gasteiger partial charge in [-0.25, -0.2) is 0 Å². The number of benzene rings is 2. The van der Waals surface area contributed by atoms with Crippen LogP contribution in [0.1, 0.15) is 18.1 Å². The second kappa shape index (κ2) is 7.62. The van der Waals surface area contributed by atoms with Crippen LogP contribution in [0, 0.1) is 6.42 Å². The first kappa shape index (κ1) is 22.6. The second-order valence-electron chi connectivity index (χ2n) is 5.26. The normalized spacial score (nSPS) is 14.2. The quantitative estimate of drug-likeness (QED) is 0.353. The maximum absolute atomic E-state index is 6.56. The molecule has 9 heteroatoms. The number of alkyl halides is 9. The topological polar surface area (TPSA) is 0 Å². The van der Waals surface area contributed by atoms with Crippen molar-refractivity contribution in [2.45, 2.75) is 23.7 Å². The minimum absolute atomic E-state index is 0.377. The van der Waals surface area contributed by atoms with E-state index in [4.69, 9.17) is 104 Å². The monoisotopic (exact) mass is 517 g/mol. The van der Waals surface area contributed by atoms with Crippen molar-refractivity contribution in [2.75, 3.05) is 0 Å². The van der Waals surface area contributed by atoms with Crippen molar-refractivity contribution in [1.29, 1.82) is 0 Å². The molecule has 0 fully saturated rings. The van der Waals surface area contributed by atoms with Crippen molar-refractivity contribution in [3.8, 4) is 0 Å². The molecule has 0 aromatic heterocycles. The zero-order valence-corrected chi connectivity index (χ0v) is 19.2. The molecule has 0 nitrogen and oxygen atoms in total. The number of rotatable bonds is 4. The molecule has 0 saturated carbocycles. The fourth-order valence-electron chi connectivity index (χ4n) is 2.42. The van der Waals surface area contributed by atoms with Gasteiger partial charge in [-0.15, -0.1) is 0 Å². The fraction of sp³-hybridized carbons (Fsp3) is 0.312. The van der Waals surface area contributed by atoms with Crippen molar-refractivity contribution < 1.29 is 0 Å². The average Bonchev–Trinajstić information content (AvgIpc) is 2.52. The number of hydrogen-bond donors (Lipinski definition) is 0. The first-order chi connectivity index (χ1) is 11.3. The molecule has 0 aliphatic rings. The Balaban J connectivity index is 2.73. The highest BCUT2D eigenvalue weighted by atomic mass is 35.6. The van der Waals surface area contributed by atoms with Crippen LogP contribution in [0.15, 0.2) is 36.4 Å². The van der Waals surface area contributed by atoms with Crippen LogP contribution in [0.5, 0.6) is 0 Å². The summed E-state index contributed by atoms with van der Waals surface area (Å²) in [6.07, 6.45) is 1.82. The summed E-state index contributed by atoms with van der Waals surface area (Å²) in [7, 11) is 0. The van der Waals surface area contributed by atoms with E-state index in [-0.39, 0.29) is 0 Å². The number of fused-ring (bicyclic) bond motifs is 1. The Morgan fingerprint density at radius 1 is 0.720 bits per heavy atom. The molecule has 0 unspecified atom stereocenters. The van der Waals surface area contributed by atoms with Crippen LogP contribution in [0.25, 0.3) is 10.8 Å². The average molecular weight is 521 g/mol. The molecule has 0 bridgehead atoms. The summed E-state index contributed by atoms with van der Waals surface area (Å²) in [6.45, 7) is 1.82. The zero-order valence-electron chi connectivity index (χ0n) is 12.4. The minimum atomic E-state index is -2.33. The zero-order chi connectivity index (χ0) is 19.3. The van der Waals surface area contributed by atoms with Gasteiger partial charge in [0.1, 0.15) is 0 Å². The molecule has 0 atom stereocenters. The van der Waals surface area contributed by atoms with Crippen LogP contribution in [-0.2, 0) is 4.33 Å². The van der Waals surface area contributed by atoms with Crippen LogP contribution >= 0.6 is 104 Å². The summed E-state index contributed by atoms with van der Waals surface area (Å²) in [4.78, 5) is 0. The maximum atomic E-state index is 6.56. The molecular formula is C16H10Cl9. The minimum Gasteiger partial charge on any atom is -0.0943 e. The van der Waals surface area contributed by atoms with Crippen LogP contribution in [0.3, 0.4) is 0 Å². The molecule has 0 saturated heterocycles. The van der Waals surface area contributed by atoms with Crippen LogP contribution in [0.2, 0.25) is 0 Å². The van der Waals surface area contributed by atoms with Crippen LogP contribution in [0.4, 0.5) is 0 Å². The van der Waals surface area contributed by atoms with E-state index in [2.05, 4.69) is 0 Å². The second-order valence-corrected chi connectivity index (χ2v) is 11.5. The molecule has 0 heterocycles.